The molecule has 5 rings (SSSR count). The van der Waals surface area contributed by atoms with Gasteiger partial charge in [0.25, 0.3) is 5.91 Å². The summed E-state index contributed by atoms with van der Waals surface area (Å²) >= 11 is 1.34. The van der Waals surface area contributed by atoms with Gasteiger partial charge in [0.2, 0.25) is 0 Å². The molecule has 10 heteroatoms. The van der Waals surface area contributed by atoms with Crippen molar-refractivity contribution in [3.8, 4) is 17.3 Å². The number of alkyl halides is 3. The molecule has 1 aliphatic rings. The van der Waals surface area contributed by atoms with Gasteiger partial charge in [-0.05, 0) is 43.7 Å². The molecule has 1 aromatic carbocycles. The number of thiophene rings is 1. The van der Waals surface area contributed by atoms with E-state index in [-0.39, 0.29) is 17.0 Å². The molecule has 0 unspecified atom stereocenters. The maximum atomic E-state index is 13.9. The summed E-state index contributed by atoms with van der Waals surface area (Å²) in [5.41, 5.74) is 1.64. The molecule has 6 nitrogen and oxygen atoms in total. The van der Waals surface area contributed by atoms with E-state index in [1.807, 2.05) is 6.92 Å². The Labute approximate surface area is 203 Å². The summed E-state index contributed by atoms with van der Waals surface area (Å²) in [4.78, 5) is 18.4. The van der Waals surface area contributed by atoms with Crippen LogP contribution < -0.4 is 5.32 Å². The summed E-state index contributed by atoms with van der Waals surface area (Å²) in [6.45, 7) is 4.02. The Bertz CT molecular complexity index is 1490. The maximum absolute atomic E-state index is 13.9. The molecule has 178 valence electrons. The SMILES string of the molecule is Cc1ccc(-c2cc(C(F)(F)F)n3nc(C(=O)Nc4sc5c(c4C#N)CC[C@H](C)C5)cc3n2)cc1. The lowest BCUT2D eigenvalue weighted by atomic mass is 9.89. The van der Waals surface area contributed by atoms with Crippen molar-refractivity contribution in [1.82, 2.24) is 14.6 Å². The number of halogens is 3. The number of amides is 1. The van der Waals surface area contributed by atoms with Gasteiger partial charge < -0.3 is 5.32 Å². The number of nitrogens with zero attached hydrogens (tertiary/aromatic N) is 4. The Morgan fingerprint density at radius 3 is 2.69 bits per heavy atom. The van der Waals surface area contributed by atoms with E-state index in [0.717, 1.165) is 41.3 Å². The topological polar surface area (TPSA) is 83.1 Å². The van der Waals surface area contributed by atoms with Gasteiger partial charge in [-0.2, -0.15) is 23.5 Å². The first-order valence-electron chi connectivity index (χ1n) is 11.0. The van der Waals surface area contributed by atoms with Crippen LogP contribution in [0.3, 0.4) is 0 Å². The molecule has 35 heavy (non-hydrogen) atoms. The quantitative estimate of drug-likeness (QED) is 0.376. The third-order valence-electron chi connectivity index (χ3n) is 6.15. The molecular weight excluding hydrogens is 475 g/mol. The minimum absolute atomic E-state index is 0.0969. The lowest BCUT2D eigenvalue weighted by Crippen LogP contribution is -2.15. The molecule has 3 aromatic heterocycles. The number of carbonyl (C=O) groups is 1. The van der Waals surface area contributed by atoms with Crippen LogP contribution in [0.4, 0.5) is 18.2 Å². The number of aryl methyl sites for hydroxylation is 1. The van der Waals surface area contributed by atoms with Crippen molar-refractivity contribution in [1.29, 1.82) is 5.26 Å². The van der Waals surface area contributed by atoms with Crippen LogP contribution in [0.25, 0.3) is 16.9 Å². The molecule has 1 atom stereocenters. The van der Waals surface area contributed by atoms with Crippen LogP contribution in [0.5, 0.6) is 0 Å². The van der Waals surface area contributed by atoms with Gasteiger partial charge in [-0.1, -0.05) is 36.8 Å². The number of hydrogen-bond acceptors (Lipinski definition) is 5. The van der Waals surface area contributed by atoms with Crippen molar-refractivity contribution in [2.45, 2.75) is 39.3 Å². The number of anilines is 1. The molecule has 1 aliphatic carbocycles. The van der Waals surface area contributed by atoms with Crippen LogP contribution in [-0.2, 0) is 19.0 Å². The Hall–Kier alpha value is -3.71. The van der Waals surface area contributed by atoms with E-state index < -0.39 is 17.8 Å². The van der Waals surface area contributed by atoms with Gasteiger partial charge in [0.05, 0.1) is 11.3 Å². The van der Waals surface area contributed by atoms with Crippen molar-refractivity contribution in [3.63, 3.8) is 0 Å². The van der Waals surface area contributed by atoms with Gasteiger partial charge in [-0.25, -0.2) is 9.50 Å². The van der Waals surface area contributed by atoms with Crippen LogP contribution in [0.2, 0.25) is 0 Å². The van der Waals surface area contributed by atoms with Crippen LogP contribution in [0, 0.1) is 24.2 Å². The molecular formula is C25H20F3N5OS. The molecule has 0 aliphatic heterocycles. The van der Waals surface area contributed by atoms with E-state index in [1.165, 1.54) is 17.4 Å². The van der Waals surface area contributed by atoms with Crippen LogP contribution in [0.1, 0.15) is 51.1 Å². The van der Waals surface area contributed by atoms with Crippen molar-refractivity contribution in [2.75, 3.05) is 5.32 Å². The summed E-state index contributed by atoms with van der Waals surface area (Å²) < 4.78 is 42.3. The standard InChI is InChI=1S/C25H20F3N5OS/c1-13-3-6-15(7-4-13)18-10-21(25(26,27)28)33-22(30-18)11-19(32-33)23(34)31-24-17(12-29)16-8-5-14(2)9-20(16)35-24/h3-4,6-7,10-11,14H,5,8-9H2,1-2H3,(H,31,34)/t14-/m0/s1. The Morgan fingerprint density at radius 1 is 1.26 bits per heavy atom. The first-order valence-corrected chi connectivity index (χ1v) is 11.9. The first-order chi connectivity index (χ1) is 16.6. The second kappa shape index (κ2) is 8.50. The number of carbonyl (C=O) groups excluding carboxylic acids is 1. The third-order valence-corrected chi connectivity index (χ3v) is 7.32. The van der Waals surface area contributed by atoms with Crippen LogP contribution in [0.15, 0.2) is 36.4 Å². The molecule has 0 bridgehead atoms. The summed E-state index contributed by atoms with van der Waals surface area (Å²) in [6.07, 6.45) is -2.15. The van der Waals surface area contributed by atoms with E-state index in [9.17, 15) is 23.2 Å². The van der Waals surface area contributed by atoms with E-state index in [2.05, 4.69) is 28.4 Å². The number of aromatic nitrogens is 3. The Morgan fingerprint density at radius 2 is 2.00 bits per heavy atom. The normalized spacial score (nSPS) is 15.6. The number of nitrogens with one attached hydrogen (secondary N) is 1. The molecule has 0 saturated carbocycles. The van der Waals surface area contributed by atoms with Gasteiger partial charge in [-0.15, -0.1) is 11.3 Å². The predicted molar refractivity (Wildman–Crippen MR) is 126 cm³/mol. The zero-order chi connectivity index (χ0) is 24.9. The predicted octanol–water partition coefficient (Wildman–Crippen LogP) is 6.03. The van der Waals surface area contributed by atoms with Gasteiger partial charge in [-0.3, -0.25) is 4.79 Å². The zero-order valence-electron chi connectivity index (χ0n) is 18.9. The Balaban J connectivity index is 1.54. The number of hydrogen-bond donors (Lipinski definition) is 1. The number of fused-ring (bicyclic) bond motifs is 2. The van der Waals surface area contributed by atoms with Crippen molar-refractivity contribution in [3.05, 3.63) is 69.4 Å². The van der Waals surface area contributed by atoms with E-state index in [1.54, 1.807) is 24.3 Å². The molecule has 1 N–H and O–H groups in total. The summed E-state index contributed by atoms with van der Waals surface area (Å²) in [6, 6.07) is 11.3. The lowest BCUT2D eigenvalue weighted by molar-refractivity contribution is -0.142. The van der Waals surface area contributed by atoms with Crippen LogP contribution in [-0.4, -0.2) is 20.5 Å². The van der Waals surface area contributed by atoms with E-state index in [0.29, 0.717) is 26.6 Å². The fraction of sp³-hybridized carbons (Fsp3) is 0.280. The van der Waals surface area contributed by atoms with Crippen molar-refractivity contribution < 1.29 is 18.0 Å². The van der Waals surface area contributed by atoms with Crippen LogP contribution >= 0.6 is 11.3 Å². The average molecular weight is 496 g/mol. The molecule has 0 spiro atoms. The summed E-state index contributed by atoms with van der Waals surface area (Å²) in [5, 5.41) is 16.7. The molecule has 3 heterocycles. The molecule has 0 saturated heterocycles. The highest BCUT2D eigenvalue weighted by atomic mass is 32.1. The third kappa shape index (κ3) is 4.28. The number of nitriles is 1. The summed E-state index contributed by atoms with van der Waals surface area (Å²) in [5.74, 6) is -0.201. The fourth-order valence-corrected chi connectivity index (χ4v) is 5.64. The van der Waals surface area contributed by atoms with Gasteiger partial charge in [0.1, 0.15) is 11.1 Å². The van der Waals surface area contributed by atoms with Crippen molar-refractivity contribution in [2.24, 2.45) is 5.92 Å². The van der Waals surface area contributed by atoms with Gasteiger partial charge in [0.15, 0.2) is 17.0 Å². The maximum Gasteiger partial charge on any atom is 0.433 e. The molecule has 0 radical (unpaired) electrons. The van der Waals surface area contributed by atoms with E-state index >= 15 is 0 Å². The minimum Gasteiger partial charge on any atom is -0.311 e. The number of rotatable bonds is 3. The molecule has 0 fully saturated rings. The smallest absolute Gasteiger partial charge is 0.311 e. The van der Waals surface area contributed by atoms with E-state index in [4.69, 9.17) is 0 Å². The number of benzene rings is 1. The average Bonchev–Trinajstić information content (AvgIpc) is 3.38. The van der Waals surface area contributed by atoms with Crippen molar-refractivity contribution >= 4 is 27.9 Å². The highest BCUT2D eigenvalue weighted by molar-refractivity contribution is 7.16. The molecule has 4 aromatic rings. The van der Waals surface area contributed by atoms with Gasteiger partial charge >= 0.3 is 6.18 Å². The fourth-order valence-electron chi connectivity index (χ4n) is 4.28. The largest absolute Gasteiger partial charge is 0.433 e. The zero-order valence-corrected chi connectivity index (χ0v) is 19.7. The first kappa shape index (κ1) is 23.1. The second-order valence-electron chi connectivity index (χ2n) is 8.81. The van der Waals surface area contributed by atoms with Gasteiger partial charge in [0, 0.05) is 16.5 Å². The summed E-state index contributed by atoms with van der Waals surface area (Å²) in [7, 11) is 0. The monoisotopic (exact) mass is 495 g/mol. The highest BCUT2D eigenvalue weighted by Crippen LogP contribution is 2.39. The lowest BCUT2D eigenvalue weighted by Gasteiger charge is -2.17. The second-order valence-corrected chi connectivity index (χ2v) is 9.92. The molecule has 1 amide bonds. The highest BCUT2D eigenvalue weighted by Gasteiger charge is 2.36. The minimum atomic E-state index is -4.71. The Kier molecular flexibility index (Phi) is 5.60.